The van der Waals surface area contributed by atoms with Crippen LogP contribution in [0.5, 0.6) is 0 Å². The predicted molar refractivity (Wildman–Crippen MR) is 160 cm³/mol. The van der Waals surface area contributed by atoms with E-state index in [0.717, 1.165) is 44.9 Å². The number of carbonyl (C=O) groups excluding carboxylic acids is 3. The molecule has 1 saturated heterocycles. The number of primary amides is 2. The Morgan fingerprint density at radius 1 is 1.02 bits per heavy atom. The molecule has 44 heavy (non-hydrogen) atoms. The van der Waals surface area contributed by atoms with E-state index in [4.69, 9.17) is 30.4 Å². The molecule has 1 heterocycles. The van der Waals surface area contributed by atoms with Crippen molar-refractivity contribution in [2.24, 2.45) is 56.3 Å². The zero-order valence-electron chi connectivity index (χ0n) is 27.6. The fourth-order valence-corrected chi connectivity index (χ4v) is 12.0. The summed E-state index contributed by atoms with van der Waals surface area (Å²) in [7, 11) is 0. The van der Waals surface area contributed by atoms with Crippen molar-refractivity contribution in [2.75, 3.05) is 0 Å². The van der Waals surface area contributed by atoms with Crippen LogP contribution in [0.25, 0.3) is 0 Å². The highest BCUT2D eigenvalue weighted by atomic mass is 16.6. The van der Waals surface area contributed by atoms with Crippen molar-refractivity contribution in [3.8, 4) is 0 Å². The van der Waals surface area contributed by atoms with Gasteiger partial charge < -0.3 is 35.5 Å². The molecule has 10 atom stereocenters. The first kappa shape index (κ1) is 31.9. The van der Waals surface area contributed by atoms with Crippen molar-refractivity contribution in [3.63, 3.8) is 0 Å². The second kappa shape index (κ2) is 9.72. The smallest absolute Gasteiger partial charge is 0.404 e. The van der Waals surface area contributed by atoms with Gasteiger partial charge in [0, 0.05) is 23.7 Å². The van der Waals surface area contributed by atoms with Crippen LogP contribution in [-0.2, 0) is 23.7 Å². The summed E-state index contributed by atoms with van der Waals surface area (Å²) in [6.45, 7) is 15.7. The number of hydrogen-bond acceptors (Lipinski definition) is 8. The van der Waals surface area contributed by atoms with Crippen molar-refractivity contribution < 1.29 is 38.4 Å². The molecule has 1 unspecified atom stereocenters. The predicted octanol–water partition coefficient (Wildman–Crippen LogP) is 5.35. The zero-order valence-corrected chi connectivity index (χ0v) is 27.6. The number of hydrogen-bond donors (Lipinski definition) is 3. The average Bonchev–Trinajstić information content (AvgIpc) is 3.51. The zero-order chi connectivity index (χ0) is 32.4. The summed E-state index contributed by atoms with van der Waals surface area (Å²) in [5.41, 5.74) is 8.98. The van der Waals surface area contributed by atoms with E-state index in [2.05, 4.69) is 34.6 Å². The van der Waals surface area contributed by atoms with E-state index in [1.807, 2.05) is 0 Å². The van der Waals surface area contributed by atoms with Gasteiger partial charge in [-0.3, -0.25) is 4.79 Å². The lowest BCUT2D eigenvalue weighted by Crippen LogP contribution is -2.59. The van der Waals surface area contributed by atoms with Crippen LogP contribution < -0.4 is 11.5 Å². The molecular formula is C34H51N2O8. The van der Waals surface area contributed by atoms with Gasteiger partial charge in [-0.25, -0.2) is 9.59 Å². The van der Waals surface area contributed by atoms with Gasteiger partial charge in [-0.05, 0) is 99.2 Å². The molecule has 10 heteroatoms. The molecule has 5 N–H and O–H groups in total. The molecule has 3 radical (unpaired) electrons. The molecule has 6 rings (SSSR count). The van der Waals surface area contributed by atoms with Gasteiger partial charge in [-0.2, -0.15) is 0 Å². The summed E-state index contributed by atoms with van der Waals surface area (Å²) in [5, 5.41) is 11.0. The van der Waals surface area contributed by atoms with Crippen LogP contribution in [0.1, 0.15) is 107 Å². The van der Waals surface area contributed by atoms with E-state index in [-0.39, 0.29) is 39.6 Å². The van der Waals surface area contributed by atoms with Gasteiger partial charge in [0.15, 0.2) is 6.10 Å². The second-order valence-electron chi connectivity index (χ2n) is 16.5. The topological polar surface area (TPSA) is 160 Å². The Hall–Kier alpha value is -2.07. The summed E-state index contributed by atoms with van der Waals surface area (Å²) in [6.07, 6.45) is 4.85. The number of nitrogens with two attached hydrogens (primary N) is 2. The van der Waals surface area contributed by atoms with Crippen molar-refractivity contribution in [2.45, 2.75) is 131 Å². The van der Waals surface area contributed by atoms with Gasteiger partial charge in [-0.15, -0.1) is 0 Å². The van der Waals surface area contributed by atoms with Gasteiger partial charge in [0.1, 0.15) is 24.4 Å². The number of ether oxygens (including phenoxy) is 4. The lowest BCUT2D eigenvalue weighted by Gasteiger charge is -2.63. The number of fused-ring (bicyclic) bond motifs is 4. The van der Waals surface area contributed by atoms with Gasteiger partial charge >= 0.3 is 18.2 Å². The number of carbonyl (C=O) groups is 3. The Bertz CT molecular complexity index is 1230. The van der Waals surface area contributed by atoms with E-state index in [1.165, 1.54) is 12.8 Å². The quantitative estimate of drug-likeness (QED) is 0.275. The molecule has 6 aliphatic rings. The molecule has 2 amide bonds. The Morgan fingerprint density at radius 3 is 2.27 bits per heavy atom. The second-order valence-corrected chi connectivity index (χ2v) is 16.5. The van der Waals surface area contributed by atoms with Crippen molar-refractivity contribution >= 4 is 18.2 Å². The third-order valence-corrected chi connectivity index (χ3v) is 13.7. The van der Waals surface area contributed by atoms with Crippen LogP contribution in [0.3, 0.4) is 0 Å². The molecule has 5 aliphatic carbocycles. The molecule has 0 aromatic carbocycles. The number of aliphatic hydroxyl groups is 1. The van der Waals surface area contributed by atoms with Crippen molar-refractivity contribution in [1.82, 2.24) is 0 Å². The highest BCUT2D eigenvalue weighted by molar-refractivity contribution is 5.67. The Kier molecular flexibility index (Phi) is 7.05. The minimum Gasteiger partial charge on any atom is -0.456 e. The minimum atomic E-state index is -1.38. The molecule has 2 spiro atoms. The Morgan fingerprint density at radius 2 is 1.68 bits per heavy atom. The van der Waals surface area contributed by atoms with Gasteiger partial charge in [0.05, 0.1) is 5.60 Å². The van der Waals surface area contributed by atoms with E-state index in [9.17, 15) is 19.5 Å². The fourth-order valence-electron chi connectivity index (χ4n) is 12.0. The summed E-state index contributed by atoms with van der Waals surface area (Å²) in [4.78, 5) is 36.4. The lowest BCUT2D eigenvalue weighted by molar-refractivity contribution is -0.171. The summed E-state index contributed by atoms with van der Waals surface area (Å²) in [5.74, 6) is 1.39. The Balaban J connectivity index is 1.38. The monoisotopic (exact) mass is 615 g/mol. The maximum absolute atomic E-state index is 12.6. The van der Waals surface area contributed by atoms with Crippen LogP contribution in [0.15, 0.2) is 0 Å². The molecule has 6 fully saturated rings. The maximum Gasteiger partial charge on any atom is 0.404 e. The SMILES string of the molecule is CC(=O)O[C@@H]([C]1C[C@@H](C)[C@H]2[C](O1)[C@H](OC(N)=O)[C@@]1(C)[C]3CC[C@H]4C(C)(C)C(OC(N)=O)CC[C@@]45C[C@@]35CC[C@]21C)C(C)(C)O. The molecule has 0 aromatic heterocycles. The van der Waals surface area contributed by atoms with Gasteiger partial charge in [-0.1, -0.05) is 34.6 Å². The van der Waals surface area contributed by atoms with Crippen molar-refractivity contribution in [1.29, 1.82) is 0 Å². The maximum atomic E-state index is 12.6. The molecule has 245 valence electrons. The molecule has 1 aliphatic heterocycles. The van der Waals surface area contributed by atoms with E-state index in [0.29, 0.717) is 24.5 Å². The molecule has 10 nitrogen and oxygen atoms in total. The summed E-state index contributed by atoms with van der Waals surface area (Å²) in [6, 6.07) is 0. The normalized spacial score (nSPS) is 45.4. The molecule has 0 aromatic rings. The first-order chi connectivity index (χ1) is 20.3. The highest BCUT2D eigenvalue weighted by Crippen LogP contribution is 2.90. The number of esters is 1. The van der Waals surface area contributed by atoms with Gasteiger partial charge in [0.25, 0.3) is 0 Å². The van der Waals surface area contributed by atoms with E-state index < -0.39 is 41.4 Å². The lowest BCUT2D eigenvalue weighted by atomic mass is 9.41. The van der Waals surface area contributed by atoms with Crippen LogP contribution >= 0.6 is 0 Å². The summed E-state index contributed by atoms with van der Waals surface area (Å²) >= 11 is 0. The average molecular weight is 616 g/mol. The molecule has 5 saturated carbocycles. The van der Waals surface area contributed by atoms with Crippen LogP contribution in [0.4, 0.5) is 9.59 Å². The largest absolute Gasteiger partial charge is 0.456 e. The minimum absolute atomic E-state index is 0.00952. The standard InChI is InChI=1S/C34H51N2O8/c1-17-15-19(25(30(5,6)40)41-18(2)37)42-24-23(17)31(7)13-14-34-16-33(34)12-11-22(43-27(35)38)29(3,4)20(33)9-10-21(34)32(31,8)26(24)44-28(36)39/h17,20,22-23,25-26,40H,9-16H2,1-8H3,(H2,35,38)(H2,36,39)/t17-,20+,22?,23+,25+,26+,31-,32-,33-,34+/m1/s1. The third kappa shape index (κ3) is 4.07. The summed E-state index contributed by atoms with van der Waals surface area (Å²) < 4.78 is 24.1. The molecular weight excluding hydrogens is 564 g/mol. The highest BCUT2D eigenvalue weighted by Gasteiger charge is 2.86. The van der Waals surface area contributed by atoms with Crippen LogP contribution in [0.2, 0.25) is 0 Å². The number of amides is 2. The first-order valence-electron chi connectivity index (χ1n) is 16.3. The number of rotatable bonds is 5. The van der Waals surface area contributed by atoms with E-state index in [1.54, 1.807) is 13.8 Å². The third-order valence-electron chi connectivity index (χ3n) is 13.7. The van der Waals surface area contributed by atoms with Crippen LogP contribution in [0, 0.1) is 63.0 Å². The van der Waals surface area contributed by atoms with Gasteiger partial charge in [0.2, 0.25) is 0 Å². The van der Waals surface area contributed by atoms with Crippen LogP contribution in [-0.4, -0.2) is 47.2 Å². The van der Waals surface area contributed by atoms with Crippen molar-refractivity contribution in [3.05, 3.63) is 18.1 Å². The van der Waals surface area contributed by atoms with E-state index >= 15 is 0 Å². The molecule has 0 bridgehead atoms. The first-order valence-corrected chi connectivity index (χ1v) is 16.3. The fraction of sp³-hybridized carbons (Fsp3) is 0.824. The Labute approximate surface area is 261 Å².